The maximum Gasteiger partial charge on any atom is 0.342 e. The first-order chi connectivity index (χ1) is 9.52. The highest BCUT2D eigenvalue weighted by Gasteiger charge is 2.43. The van der Waals surface area contributed by atoms with Gasteiger partial charge in [-0.1, -0.05) is 33.6 Å². The smallest absolute Gasteiger partial charge is 0.342 e. The van der Waals surface area contributed by atoms with Crippen LogP contribution in [-0.4, -0.2) is 22.8 Å². The lowest BCUT2D eigenvalue weighted by Crippen LogP contribution is -2.47. The maximum atomic E-state index is 12.6. The Morgan fingerprint density at radius 3 is 1.86 bits per heavy atom. The Bertz CT molecular complexity index is 317. The van der Waals surface area contributed by atoms with E-state index >= 15 is 0 Å². The SMILES string of the molecule is CCCCC(CC)(OOC(C)(C)CC)C(=O)OC(C)(C)C. The predicted octanol–water partition coefficient (Wildman–Crippen LogP) is 4.80. The van der Waals surface area contributed by atoms with Crippen molar-refractivity contribution in [2.45, 2.75) is 104 Å². The van der Waals surface area contributed by atoms with Crippen LogP contribution in [0.15, 0.2) is 0 Å². The second-order valence-electron chi connectivity index (χ2n) is 7.23. The highest BCUT2D eigenvalue weighted by Crippen LogP contribution is 2.30. The summed E-state index contributed by atoms with van der Waals surface area (Å²) < 4.78 is 5.55. The molecule has 0 N–H and O–H groups in total. The van der Waals surface area contributed by atoms with E-state index in [1.54, 1.807) is 0 Å². The molecule has 4 heteroatoms. The Balaban J connectivity index is 5.10. The van der Waals surface area contributed by atoms with Crippen molar-refractivity contribution in [1.29, 1.82) is 0 Å². The molecule has 4 nitrogen and oxygen atoms in total. The zero-order valence-corrected chi connectivity index (χ0v) is 15.2. The molecule has 0 aromatic rings. The lowest BCUT2D eigenvalue weighted by Gasteiger charge is -2.35. The topological polar surface area (TPSA) is 44.8 Å². The third-order valence-corrected chi connectivity index (χ3v) is 3.55. The van der Waals surface area contributed by atoms with Gasteiger partial charge < -0.3 is 4.74 Å². The molecule has 0 fully saturated rings. The average molecular weight is 302 g/mol. The first-order valence-electron chi connectivity index (χ1n) is 8.12. The van der Waals surface area contributed by atoms with Gasteiger partial charge in [0, 0.05) is 0 Å². The Labute approximate surface area is 130 Å². The van der Waals surface area contributed by atoms with Crippen LogP contribution in [-0.2, 0) is 19.3 Å². The summed E-state index contributed by atoms with van der Waals surface area (Å²) in [7, 11) is 0. The number of hydrogen-bond donors (Lipinski definition) is 0. The van der Waals surface area contributed by atoms with E-state index in [1.807, 2.05) is 48.5 Å². The van der Waals surface area contributed by atoms with E-state index in [9.17, 15) is 4.79 Å². The van der Waals surface area contributed by atoms with Crippen molar-refractivity contribution in [2.24, 2.45) is 0 Å². The van der Waals surface area contributed by atoms with Crippen LogP contribution in [0.3, 0.4) is 0 Å². The molecule has 0 aliphatic rings. The Kier molecular flexibility index (Phi) is 7.90. The van der Waals surface area contributed by atoms with Gasteiger partial charge in [0.1, 0.15) is 5.60 Å². The minimum absolute atomic E-state index is 0.335. The summed E-state index contributed by atoms with van der Waals surface area (Å²) in [5.74, 6) is -0.335. The van der Waals surface area contributed by atoms with Gasteiger partial charge in [0.15, 0.2) is 5.60 Å². The van der Waals surface area contributed by atoms with Crippen molar-refractivity contribution in [3.05, 3.63) is 0 Å². The van der Waals surface area contributed by atoms with E-state index in [-0.39, 0.29) is 5.97 Å². The number of unbranched alkanes of at least 4 members (excludes halogenated alkanes) is 1. The molecule has 126 valence electrons. The zero-order valence-electron chi connectivity index (χ0n) is 15.2. The fraction of sp³-hybridized carbons (Fsp3) is 0.941. The van der Waals surface area contributed by atoms with Gasteiger partial charge in [-0.05, 0) is 53.9 Å². The Hall–Kier alpha value is -0.610. The summed E-state index contributed by atoms with van der Waals surface area (Å²) >= 11 is 0. The third-order valence-electron chi connectivity index (χ3n) is 3.55. The fourth-order valence-electron chi connectivity index (χ4n) is 1.64. The maximum absolute atomic E-state index is 12.6. The number of hydrogen-bond acceptors (Lipinski definition) is 4. The highest BCUT2D eigenvalue weighted by atomic mass is 17.2. The number of ether oxygens (including phenoxy) is 1. The summed E-state index contributed by atoms with van der Waals surface area (Å²) in [4.78, 5) is 23.8. The first kappa shape index (κ1) is 20.4. The van der Waals surface area contributed by atoms with Gasteiger partial charge in [-0.25, -0.2) is 14.6 Å². The van der Waals surface area contributed by atoms with Gasteiger partial charge in [-0.3, -0.25) is 0 Å². The van der Waals surface area contributed by atoms with Gasteiger partial charge in [0.05, 0.1) is 5.60 Å². The molecule has 0 heterocycles. The van der Waals surface area contributed by atoms with Gasteiger partial charge in [-0.2, -0.15) is 0 Å². The van der Waals surface area contributed by atoms with Crippen molar-refractivity contribution in [2.75, 3.05) is 0 Å². The lowest BCUT2D eigenvalue weighted by atomic mass is 9.93. The van der Waals surface area contributed by atoms with Crippen LogP contribution >= 0.6 is 0 Å². The van der Waals surface area contributed by atoms with Crippen molar-refractivity contribution in [3.63, 3.8) is 0 Å². The molecule has 0 amide bonds. The Morgan fingerprint density at radius 2 is 1.48 bits per heavy atom. The standard InChI is InChI=1S/C17H34O4/c1-9-12-13-17(11-3,14(18)19-15(4,5)6)21-20-16(7,8)10-2/h9-13H2,1-8H3. The average Bonchev–Trinajstić information content (AvgIpc) is 2.37. The third kappa shape index (κ3) is 7.28. The minimum atomic E-state index is -1.02. The van der Waals surface area contributed by atoms with Crippen LogP contribution in [0.2, 0.25) is 0 Å². The van der Waals surface area contributed by atoms with Crippen LogP contribution in [0.5, 0.6) is 0 Å². The van der Waals surface area contributed by atoms with Crippen molar-refractivity contribution >= 4 is 5.97 Å². The first-order valence-corrected chi connectivity index (χ1v) is 8.12. The van der Waals surface area contributed by atoms with Gasteiger partial charge in [-0.15, -0.1) is 0 Å². The fourth-order valence-corrected chi connectivity index (χ4v) is 1.64. The molecule has 0 spiro atoms. The van der Waals surface area contributed by atoms with E-state index in [0.717, 1.165) is 19.3 Å². The molecule has 0 aliphatic heterocycles. The molecule has 0 saturated heterocycles. The van der Waals surface area contributed by atoms with Crippen molar-refractivity contribution in [3.8, 4) is 0 Å². The summed E-state index contributed by atoms with van der Waals surface area (Å²) in [6.07, 6.45) is 3.82. The summed E-state index contributed by atoms with van der Waals surface area (Å²) in [5.41, 5.74) is -1.97. The number of rotatable bonds is 9. The Morgan fingerprint density at radius 1 is 0.905 bits per heavy atom. The van der Waals surface area contributed by atoms with Gasteiger partial charge >= 0.3 is 5.97 Å². The van der Waals surface area contributed by atoms with Crippen LogP contribution in [0.25, 0.3) is 0 Å². The second kappa shape index (κ2) is 8.14. The molecule has 0 saturated carbocycles. The number of carbonyl (C=O) groups is 1. The number of esters is 1. The number of carbonyl (C=O) groups excluding carboxylic acids is 1. The second-order valence-corrected chi connectivity index (χ2v) is 7.23. The van der Waals surface area contributed by atoms with E-state index in [2.05, 4.69) is 6.92 Å². The molecule has 0 aromatic heterocycles. The molecule has 0 aliphatic carbocycles. The molecular weight excluding hydrogens is 268 g/mol. The molecule has 21 heavy (non-hydrogen) atoms. The van der Waals surface area contributed by atoms with Crippen LogP contribution in [0.4, 0.5) is 0 Å². The molecule has 1 unspecified atom stereocenters. The van der Waals surface area contributed by atoms with E-state index < -0.39 is 16.8 Å². The predicted molar refractivity (Wildman–Crippen MR) is 84.9 cm³/mol. The quantitative estimate of drug-likeness (QED) is 0.348. The highest BCUT2D eigenvalue weighted by molar-refractivity contribution is 5.79. The van der Waals surface area contributed by atoms with Gasteiger partial charge in [0.2, 0.25) is 0 Å². The summed E-state index contributed by atoms with van der Waals surface area (Å²) in [6.45, 7) is 15.5. The lowest BCUT2D eigenvalue weighted by molar-refractivity contribution is -0.403. The minimum Gasteiger partial charge on any atom is -0.458 e. The monoisotopic (exact) mass is 302 g/mol. The molecule has 0 bridgehead atoms. The van der Waals surface area contributed by atoms with E-state index in [0.29, 0.717) is 12.8 Å². The molecular formula is C17H34O4. The largest absolute Gasteiger partial charge is 0.458 e. The normalized spacial score (nSPS) is 15.6. The van der Waals surface area contributed by atoms with Crippen LogP contribution < -0.4 is 0 Å². The van der Waals surface area contributed by atoms with Gasteiger partial charge in [0.25, 0.3) is 0 Å². The van der Waals surface area contributed by atoms with E-state index in [4.69, 9.17) is 14.5 Å². The van der Waals surface area contributed by atoms with E-state index in [1.165, 1.54) is 0 Å². The summed E-state index contributed by atoms with van der Waals surface area (Å²) in [5, 5.41) is 0. The van der Waals surface area contributed by atoms with Crippen molar-refractivity contribution in [1.82, 2.24) is 0 Å². The van der Waals surface area contributed by atoms with Crippen LogP contribution in [0.1, 0.15) is 87.5 Å². The molecule has 0 rings (SSSR count). The van der Waals surface area contributed by atoms with Crippen LogP contribution in [0, 0.1) is 0 Å². The molecule has 1 atom stereocenters. The summed E-state index contributed by atoms with van der Waals surface area (Å²) in [6, 6.07) is 0. The van der Waals surface area contributed by atoms with Crippen molar-refractivity contribution < 1.29 is 19.3 Å². The molecule has 0 aromatic carbocycles. The molecule has 0 radical (unpaired) electrons. The zero-order chi connectivity index (χ0) is 16.7.